The Hall–Kier alpha value is -1.10. The van der Waals surface area contributed by atoms with Crippen molar-refractivity contribution >= 4 is 11.8 Å². The van der Waals surface area contributed by atoms with Crippen molar-refractivity contribution in [1.82, 2.24) is 0 Å². The van der Waals surface area contributed by atoms with Crippen molar-refractivity contribution in [3.05, 3.63) is 0 Å². The van der Waals surface area contributed by atoms with Gasteiger partial charge in [0.15, 0.2) is 0 Å². The van der Waals surface area contributed by atoms with E-state index >= 15 is 0 Å². The number of hydrogen-bond acceptors (Lipinski definition) is 4. The van der Waals surface area contributed by atoms with E-state index in [-0.39, 0.29) is 12.6 Å². The van der Waals surface area contributed by atoms with Gasteiger partial charge in [-0.25, -0.2) is 0 Å². The van der Waals surface area contributed by atoms with Crippen molar-refractivity contribution in [3.63, 3.8) is 0 Å². The zero-order chi connectivity index (χ0) is 12.4. The van der Waals surface area contributed by atoms with Gasteiger partial charge in [-0.2, -0.15) is 0 Å². The Bertz CT molecular complexity index is 225. The second kappa shape index (κ2) is 9.15. The molecule has 0 saturated carbocycles. The van der Waals surface area contributed by atoms with Crippen LogP contribution in [0.3, 0.4) is 0 Å². The number of aliphatic hydroxyl groups is 1. The Balaban J connectivity index is 3.31. The highest BCUT2D eigenvalue weighted by Gasteiger charge is 2.05. The Morgan fingerprint density at radius 1 is 1.38 bits per heavy atom. The summed E-state index contributed by atoms with van der Waals surface area (Å²) in [5, 5.41) is 9.42. The second-order valence-electron chi connectivity index (χ2n) is 3.83. The maximum Gasteiger partial charge on any atom is 0.302 e. The molecule has 0 aromatic rings. The average Bonchev–Trinajstić information content (AvgIpc) is 2.19. The van der Waals surface area contributed by atoms with Crippen LogP contribution in [0, 0.1) is 0 Å². The lowest BCUT2D eigenvalue weighted by Gasteiger charge is -2.09. The van der Waals surface area contributed by atoms with Gasteiger partial charge < -0.3 is 15.6 Å². The van der Waals surface area contributed by atoms with E-state index in [0.717, 1.165) is 25.8 Å². The van der Waals surface area contributed by atoms with Gasteiger partial charge >= 0.3 is 5.97 Å². The molecule has 0 rings (SSSR count). The minimum Gasteiger partial charge on any atom is -0.463 e. The number of esters is 1. The average molecular weight is 230 g/mol. The fraction of sp³-hybridized carbons (Fsp3) is 0.818. The van der Waals surface area contributed by atoms with Crippen LogP contribution in [0.1, 0.15) is 39.5 Å². The highest BCUT2D eigenvalue weighted by Crippen LogP contribution is 2.04. The van der Waals surface area contributed by atoms with E-state index in [2.05, 4.69) is 9.73 Å². The molecule has 0 heterocycles. The van der Waals surface area contributed by atoms with Gasteiger partial charge in [-0.1, -0.05) is 12.8 Å². The van der Waals surface area contributed by atoms with Crippen molar-refractivity contribution in [2.24, 2.45) is 10.7 Å². The van der Waals surface area contributed by atoms with Gasteiger partial charge in [0, 0.05) is 13.5 Å². The molecular formula is C11H22N2O3. The largest absolute Gasteiger partial charge is 0.463 e. The van der Waals surface area contributed by atoms with E-state index in [1.807, 2.05) is 0 Å². The molecule has 0 aliphatic heterocycles. The summed E-state index contributed by atoms with van der Waals surface area (Å²) in [5.41, 5.74) is 5.38. The molecule has 0 aliphatic carbocycles. The molecule has 0 aromatic carbocycles. The molecule has 94 valence electrons. The number of unbranched alkanes of at least 4 members (excludes halogenated alkanes) is 2. The van der Waals surface area contributed by atoms with Crippen LogP contribution in [0.4, 0.5) is 0 Å². The molecule has 0 spiro atoms. The molecular weight excluding hydrogens is 208 g/mol. The lowest BCUT2D eigenvalue weighted by atomic mass is 10.1. The van der Waals surface area contributed by atoms with Crippen molar-refractivity contribution in [2.45, 2.75) is 45.6 Å². The number of carbonyl (C=O) groups is 1. The van der Waals surface area contributed by atoms with Gasteiger partial charge in [0.05, 0.1) is 11.9 Å². The number of aliphatic imine (C=N–C) groups is 1. The predicted molar refractivity (Wildman–Crippen MR) is 63.3 cm³/mol. The van der Waals surface area contributed by atoms with E-state index in [9.17, 15) is 9.90 Å². The molecule has 0 aliphatic rings. The normalized spacial score (nSPS) is 13.6. The van der Waals surface area contributed by atoms with Crippen LogP contribution >= 0.6 is 0 Å². The summed E-state index contributed by atoms with van der Waals surface area (Å²) in [6.07, 6.45) is 2.96. The third kappa shape index (κ3) is 11.0. The summed E-state index contributed by atoms with van der Waals surface area (Å²) >= 11 is 0. The Morgan fingerprint density at radius 3 is 2.62 bits per heavy atom. The van der Waals surface area contributed by atoms with Crippen molar-refractivity contribution in [3.8, 4) is 0 Å². The molecule has 0 aromatic heterocycles. The van der Waals surface area contributed by atoms with E-state index in [0.29, 0.717) is 12.3 Å². The first-order valence-corrected chi connectivity index (χ1v) is 5.60. The Labute approximate surface area is 96.7 Å². The van der Waals surface area contributed by atoms with Crippen LogP contribution in [-0.4, -0.2) is 36.2 Å². The number of nitrogens with two attached hydrogens (primary N) is 1. The van der Waals surface area contributed by atoms with Gasteiger partial charge in [-0.3, -0.25) is 9.79 Å². The van der Waals surface area contributed by atoms with Crippen LogP contribution in [-0.2, 0) is 9.53 Å². The van der Waals surface area contributed by atoms with Crippen molar-refractivity contribution < 1.29 is 14.6 Å². The zero-order valence-corrected chi connectivity index (χ0v) is 10.1. The number of amidine groups is 1. The topological polar surface area (TPSA) is 84.9 Å². The van der Waals surface area contributed by atoms with Gasteiger partial charge in [-0.05, 0) is 19.8 Å². The van der Waals surface area contributed by atoms with Gasteiger partial charge in [0.1, 0.15) is 6.61 Å². The zero-order valence-electron chi connectivity index (χ0n) is 10.1. The van der Waals surface area contributed by atoms with E-state index in [4.69, 9.17) is 5.73 Å². The summed E-state index contributed by atoms with van der Waals surface area (Å²) in [6.45, 7) is 3.93. The third-order valence-corrected chi connectivity index (χ3v) is 2.04. The summed E-state index contributed by atoms with van der Waals surface area (Å²) in [7, 11) is 0. The summed E-state index contributed by atoms with van der Waals surface area (Å²) in [4.78, 5) is 14.5. The van der Waals surface area contributed by atoms with Crippen molar-refractivity contribution in [1.29, 1.82) is 0 Å². The predicted octanol–water partition coefficient (Wildman–Crippen LogP) is 0.848. The summed E-state index contributed by atoms with van der Waals surface area (Å²) in [5.74, 6) is 0.252. The molecule has 3 N–H and O–H groups in total. The molecule has 0 radical (unpaired) electrons. The molecule has 5 heteroatoms. The highest BCUT2D eigenvalue weighted by molar-refractivity contribution is 5.77. The van der Waals surface area contributed by atoms with Crippen LogP contribution in [0.2, 0.25) is 0 Å². The second-order valence-corrected chi connectivity index (χ2v) is 3.83. The molecule has 1 atom stereocenters. The minimum absolute atomic E-state index is 0.0927. The molecule has 5 nitrogen and oxygen atoms in total. The standard InChI is InChI=1S/C11H22N2O3/c1-9(12)13-7-5-3-4-6-11(15)8-16-10(2)14/h11,15H,3-8H2,1-2H3,(H2,12,13). The maximum absolute atomic E-state index is 10.5. The van der Waals surface area contributed by atoms with Crippen LogP contribution < -0.4 is 5.73 Å². The first-order chi connectivity index (χ1) is 7.52. The lowest BCUT2D eigenvalue weighted by Crippen LogP contribution is -2.17. The maximum atomic E-state index is 10.5. The SMILES string of the molecule is CC(=O)OCC(O)CCCCCN=C(C)N. The molecule has 0 fully saturated rings. The number of aliphatic hydroxyl groups excluding tert-OH is 1. The molecule has 0 saturated heterocycles. The first-order valence-electron chi connectivity index (χ1n) is 5.60. The van der Waals surface area contributed by atoms with Crippen LogP contribution in [0.5, 0.6) is 0 Å². The molecule has 0 amide bonds. The molecule has 1 unspecified atom stereocenters. The van der Waals surface area contributed by atoms with Crippen LogP contribution in [0.25, 0.3) is 0 Å². The van der Waals surface area contributed by atoms with Gasteiger partial charge in [0.2, 0.25) is 0 Å². The fourth-order valence-electron chi connectivity index (χ4n) is 1.22. The lowest BCUT2D eigenvalue weighted by molar-refractivity contribution is -0.144. The Kier molecular flexibility index (Phi) is 8.52. The smallest absolute Gasteiger partial charge is 0.302 e. The van der Waals surface area contributed by atoms with E-state index < -0.39 is 6.10 Å². The highest BCUT2D eigenvalue weighted by atomic mass is 16.5. The number of nitrogens with zero attached hydrogens (tertiary/aromatic N) is 1. The summed E-state index contributed by atoms with van der Waals surface area (Å²) < 4.78 is 4.69. The van der Waals surface area contributed by atoms with Crippen LogP contribution in [0.15, 0.2) is 4.99 Å². The van der Waals surface area contributed by atoms with E-state index in [1.165, 1.54) is 6.92 Å². The monoisotopic (exact) mass is 230 g/mol. The minimum atomic E-state index is -0.552. The summed E-state index contributed by atoms with van der Waals surface area (Å²) in [6, 6.07) is 0. The number of carbonyl (C=O) groups excluding carboxylic acids is 1. The quantitative estimate of drug-likeness (QED) is 0.280. The molecule has 16 heavy (non-hydrogen) atoms. The fourth-order valence-corrected chi connectivity index (χ4v) is 1.22. The van der Waals surface area contributed by atoms with E-state index in [1.54, 1.807) is 6.92 Å². The number of hydrogen-bond donors (Lipinski definition) is 2. The Morgan fingerprint density at radius 2 is 2.06 bits per heavy atom. The van der Waals surface area contributed by atoms with Gasteiger partial charge in [0.25, 0.3) is 0 Å². The third-order valence-electron chi connectivity index (χ3n) is 2.04. The number of ether oxygens (including phenoxy) is 1. The number of rotatable bonds is 8. The molecule has 0 bridgehead atoms. The van der Waals surface area contributed by atoms with Gasteiger partial charge in [-0.15, -0.1) is 0 Å². The first kappa shape index (κ1) is 14.9. The van der Waals surface area contributed by atoms with Crippen molar-refractivity contribution in [2.75, 3.05) is 13.2 Å².